The van der Waals surface area contributed by atoms with E-state index < -0.39 is 47.8 Å². The Balaban J connectivity index is 1.36. The third-order valence-corrected chi connectivity index (χ3v) is 10.7. The second-order valence-corrected chi connectivity index (χ2v) is 15.9. The SMILES string of the molecule is O=C(Nc1cccc2cc(S(=O)(=O)O)ccc12)c1cc(NS(=O)(=O)Cc2ccccc2)cc(C(=O)Nc2cccc3cc(S(=O)(=O)O)ccc23)c1. The maximum Gasteiger partial charge on any atom is 0.294 e. The van der Waals surface area contributed by atoms with Crippen molar-refractivity contribution in [2.45, 2.75) is 15.5 Å². The van der Waals surface area contributed by atoms with E-state index in [1.54, 1.807) is 66.7 Å². The van der Waals surface area contributed by atoms with Crippen molar-refractivity contribution in [1.82, 2.24) is 0 Å². The summed E-state index contributed by atoms with van der Waals surface area (Å²) in [5.74, 6) is -1.86. The Morgan fingerprint density at radius 3 is 1.45 bits per heavy atom. The van der Waals surface area contributed by atoms with Gasteiger partial charge >= 0.3 is 0 Å². The van der Waals surface area contributed by atoms with Gasteiger partial charge in [-0.3, -0.25) is 23.4 Å². The number of carbonyl (C=O) groups is 2. The van der Waals surface area contributed by atoms with Gasteiger partial charge in [0.15, 0.2) is 0 Å². The van der Waals surface area contributed by atoms with E-state index in [0.29, 0.717) is 27.1 Å². The number of fused-ring (bicyclic) bond motifs is 2. The first-order valence-electron chi connectivity index (χ1n) is 14.9. The van der Waals surface area contributed by atoms with Gasteiger partial charge in [-0.2, -0.15) is 16.8 Å². The molecule has 260 valence electrons. The Bertz CT molecular complexity index is 2550. The fraction of sp³-hybridized carbons (Fsp3) is 0.0286. The molecule has 0 saturated heterocycles. The van der Waals surface area contributed by atoms with Gasteiger partial charge in [-0.1, -0.05) is 66.7 Å². The topological polar surface area (TPSA) is 213 Å². The van der Waals surface area contributed by atoms with E-state index in [1.807, 2.05) is 0 Å². The Labute approximate surface area is 292 Å². The average Bonchev–Trinajstić information content (AvgIpc) is 3.07. The van der Waals surface area contributed by atoms with Crippen molar-refractivity contribution in [3.63, 3.8) is 0 Å². The highest BCUT2D eigenvalue weighted by molar-refractivity contribution is 7.91. The normalized spacial score (nSPS) is 12.0. The maximum absolute atomic E-state index is 13.7. The Morgan fingerprint density at radius 2 is 1.00 bits per heavy atom. The quantitative estimate of drug-likeness (QED) is 0.104. The minimum Gasteiger partial charge on any atom is -0.321 e. The Morgan fingerprint density at radius 1 is 0.529 bits per heavy atom. The number of benzene rings is 6. The number of nitrogens with one attached hydrogen (secondary N) is 3. The lowest BCUT2D eigenvalue weighted by molar-refractivity contribution is 0.102. The van der Waals surface area contributed by atoms with Gasteiger partial charge in [0, 0.05) is 33.3 Å². The number of sulfonamides is 1. The highest BCUT2D eigenvalue weighted by atomic mass is 32.2. The molecule has 6 rings (SSSR count). The van der Waals surface area contributed by atoms with Gasteiger partial charge < -0.3 is 10.6 Å². The predicted octanol–water partition coefficient (Wildman–Crippen LogP) is 5.93. The summed E-state index contributed by atoms with van der Waals surface area (Å²) in [5.41, 5.74) is 0.721. The monoisotopic (exact) mass is 745 g/mol. The van der Waals surface area contributed by atoms with Gasteiger partial charge in [0.05, 0.1) is 21.2 Å². The van der Waals surface area contributed by atoms with Crippen molar-refractivity contribution in [2.75, 3.05) is 15.4 Å². The van der Waals surface area contributed by atoms with Gasteiger partial charge in [0.2, 0.25) is 10.0 Å². The largest absolute Gasteiger partial charge is 0.321 e. The molecule has 13 nitrogen and oxygen atoms in total. The summed E-state index contributed by atoms with van der Waals surface area (Å²) in [4.78, 5) is 26.7. The molecule has 0 saturated carbocycles. The van der Waals surface area contributed by atoms with Crippen LogP contribution < -0.4 is 15.4 Å². The molecule has 0 aliphatic rings. The molecule has 16 heteroatoms. The van der Waals surface area contributed by atoms with E-state index in [-0.39, 0.29) is 38.0 Å². The highest BCUT2D eigenvalue weighted by Crippen LogP contribution is 2.29. The molecular weight excluding hydrogens is 719 g/mol. The zero-order valence-electron chi connectivity index (χ0n) is 26.1. The zero-order valence-corrected chi connectivity index (χ0v) is 28.6. The van der Waals surface area contributed by atoms with Crippen LogP contribution in [0.4, 0.5) is 17.1 Å². The summed E-state index contributed by atoms with van der Waals surface area (Å²) in [6.07, 6.45) is 0. The van der Waals surface area contributed by atoms with Gasteiger partial charge in [0.25, 0.3) is 32.1 Å². The molecule has 6 aromatic rings. The molecule has 5 N–H and O–H groups in total. The highest BCUT2D eigenvalue weighted by Gasteiger charge is 2.20. The molecule has 6 aromatic carbocycles. The third-order valence-electron chi connectivity index (χ3n) is 7.73. The van der Waals surface area contributed by atoms with Crippen LogP contribution in [0.2, 0.25) is 0 Å². The van der Waals surface area contributed by atoms with Crippen molar-refractivity contribution >= 4 is 80.7 Å². The molecule has 0 radical (unpaired) electrons. The van der Waals surface area contributed by atoms with Gasteiger partial charge in [-0.25, -0.2) is 8.42 Å². The van der Waals surface area contributed by atoms with Crippen LogP contribution in [0.3, 0.4) is 0 Å². The van der Waals surface area contributed by atoms with E-state index in [1.165, 1.54) is 54.6 Å². The second-order valence-electron chi connectivity index (χ2n) is 11.4. The van der Waals surface area contributed by atoms with Crippen LogP contribution in [0.1, 0.15) is 26.3 Å². The van der Waals surface area contributed by atoms with Gasteiger partial charge in [0.1, 0.15) is 0 Å². The molecule has 0 fully saturated rings. The standard InChI is InChI=1S/C35H27N3O10S3/c39-34(36-32-10-4-8-23-19-28(50(43,44)45)12-14-30(23)32)25-16-26(18-27(17-25)38-49(41,42)21-22-6-2-1-3-7-22)35(40)37-33-11-5-9-24-20-29(51(46,47)48)13-15-31(24)33/h1-20,38H,21H2,(H,36,39)(H,37,40)(H,43,44,45)(H,46,47,48). The van der Waals surface area contributed by atoms with E-state index in [9.17, 15) is 43.9 Å². The fourth-order valence-corrected chi connectivity index (χ4v) is 7.62. The first-order valence-corrected chi connectivity index (χ1v) is 19.4. The van der Waals surface area contributed by atoms with Crippen LogP contribution in [-0.4, -0.2) is 46.2 Å². The van der Waals surface area contributed by atoms with Crippen molar-refractivity contribution in [2.24, 2.45) is 0 Å². The number of carbonyl (C=O) groups excluding carboxylic acids is 2. The minimum atomic E-state index is -4.48. The predicted molar refractivity (Wildman–Crippen MR) is 193 cm³/mol. The van der Waals surface area contributed by atoms with Crippen LogP contribution in [0.25, 0.3) is 21.5 Å². The summed E-state index contributed by atoms with van der Waals surface area (Å²) in [6, 6.07) is 29.2. The summed E-state index contributed by atoms with van der Waals surface area (Å²) in [6.45, 7) is 0. The molecule has 0 unspecified atom stereocenters. The van der Waals surface area contributed by atoms with Crippen molar-refractivity contribution in [3.8, 4) is 0 Å². The molecule has 0 bridgehead atoms. The molecule has 0 heterocycles. The molecule has 0 atom stereocenters. The molecule has 51 heavy (non-hydrogen) atoms. The summed E-state index contributed by atoms with van der Waals surface area (Å²) >= 11 is 0. The van der Waals surface area contributed by atoms with Crippen molar-refractivity contribution < 1.29 is 43.9 Å². The number of amides is 2. The summed E-state index contributed by atoms with van der Waals surface area (Å²) in [7, 11) is -13.0. The zero-order chi connectivity index (χ0) is 36.6. The number of anilines is 3. The maximum atomic E-state index is 13.7. The van der Waals surface area contributed by atoms with E-state index >= 15 is 0 Å². The third kappa shape index (κ3) is 8.22. The molecule has 0 aromatic heterocycles. The lowest BCUT2D eigenvalue weighted by Crippen LogP contribution is -2.19. The number of hydrogen-bond donors (Lipinski definition) is 5. The minimum absolute atomic E-state index is 0.0878. The lowest BCUT2D eigenvalue weighted by Gasteiger charge is -2.14. The molecule has 0 aliphatic carbocycles. The summed E-state index contributed by atoms with van der Waals surface area (Å²) < 4.78 is 94.3. The van der Waals surface area contributed by atoms with E-state index in [0.717, 1.165) is 0 Å². The van der Waals surface area contributed by atoms with Crippen LogP contribution in [0.5, 0.6) is 0 Å². The van der Waals surface area contributed by atoms with Crippen LogP contribution in [0.15, 0.2) is 131 Å². The Kier molecular flexibility index (Phi) is 9.37. The first kappa shape index (κ1) is 35.2. The average molecular weight is 746 g/mol. The summed E-state index contributed by atoms with van der Waals surface area (Å²) in [5, 5.41) is 7.09. The number of rotatable bonds is 10. The fourth-order valence-electron chi connectivity index (χ4n) is 5.41. The Hall–Kier alpha value is -5.65. The molecule has 0 aliphatic heterocycles. The van der Waals surface area contributed by atoms with E-state index in [2.05, 4.69) is 15.4 Å². The van der Waals surface area contributed by atoms with Gasteiger partial charge in [-0.05, 0) is 70.9 Å². The van der Waals surface area contributed by atoms with Crippen LogP contribution in [-0.2, 0) is 36.0 Å². The van der Waals surface area contributed by atoms with Crippen LogP contribution in [0, 0.1) is 0 Å². The first-order chi connectivity index (χ1) is 24.1. The van der Waals surface area contributed by atoms with Crippen LogP contribution >= 0.6 is 0 Å². The van der Waals surface area contributed by atoms with Crippen molar-refractivity contribution in [1.29, 1.82) is 0 Å². The lowest BCUT2D eigenvalue weighted by atomic mass is 10.1. The molecule has 0 spiro atoms. The van der Waals surface area contributed by atoms with Crippen molar-refractivity contribution in [3.05, 3.63) is 138 Å². The second kappa shape index (κ2) is 13.6. The smallest absolute Gasteiger partial charge is 0.294 e. The molecule has 2 amide bonds. The molecular formula is C35H27N3O10S3. The van der Waals surface area contributed by atoms with E-state index in [4.69, 9.17) is 0 Å². The number of hydrogen-bond acceptors (Lipinski definition) is 8. The van der Waals surface area contributed by atoms with Gasteiger partial charge in [-0.15, -0.1) is 0 Å².